The molecule has 3 rings (SSSR count). The van der Waals surface area contributed by atoms with Crippen molar-refractivity contribution in [2.24, 2.45) is 5.92 Å². The van der Waals surface area contributed by atoms with Crippen LogP contribution in [0, 0.1) is 5.92 Å². The summed E-state index contributed by atoms with van der Waals surface area (Å²) in [7, 11) is 1.58. The number of halogens is 1. The fourth-order valence-corrected chi connectivity index (χ4v) is 2.18. The zero-order chi connectivity index (χ0) is 14.1. The van der Waals surface area contributed by atoms with Gasteiger partial charge in [0.05, 0.1) is 18.7 Å². The molecule has 0 amide bonds. The van der Waals surface area contributed by atoms with Gasteiger partial charge in [0, 0.05) is 11.6 Å². The summed E-state index contributed by atoms with van der Waals surface area (Å²) < 4.78 is 16.2. The standard InChI is InChI=1S/C14H15ClN2O3/c1-18-12-5-9(11-6-13(16)17-20-11)4-10(15)14(12)19-7-8-2-3-8/h4-6,8H,2-3,7H2,1H3,(H2,16,17). The van der Waals surface area contributed by atoms with E-state index in [2.05, 4.69) is 5.16 Å². The number of hydrogen-bond donors (Lipinski definition) is 1. The molecule has 6 heteroatoms. The van der Waals surface area contributed by atoms with E-state index in [0.717, 1.165) is 5.56 Å². The van der Waals surface area contributed by atoms with Gasteiger partial charge < -0.3 is 19.7 Å². The van der Waals surface area contributed by atoms with Gasteiger partial charge in [0.1, 0.15) is 0 Å². The molecule has 0 bridgehead atoms. The molecule has 0 atom stereocenters. The predicted octanol–water partition coefficient (Wildman–Crippen LogP) is 3.37. The number of nitrogens with zero attached hydrogens (tertiary/aromatic N) is 1. The third-order valence-corrected chi connectivity index (χ3v) is 3.48. The first-order valence-electron chi connectivity index (χ1n) is 6.40. The summed E-state index contributed by atoms with van der Waals surface area (Å²) in [5, 5.41) is 4.14. The Kier molecular flexibility index (Phi) is 3.44. The van der Waals surface area contributed by atoms with E-state index in [0.29, 0.717) is 40.6 Å². The quantitative estimate of drug-likeness (QED) is 0.915. The van der Waals surface area contributed by atoms with Gasteiger partial charge in [0.2, 0.25) is 0 Å². The van der Waals surface area contributed by atoms with E-state index in [-0.39, 0.29) is 0 Å². The van der Waals surface area contributed by atoms with Crippen LogP contribution in [0.2, 0.25) is 5.02 Å². The summed E-state index contributed by atoms with van der Waals surface area (Å²) in [4.78, 5) is 0. The van der Waals surface area contributed by atoms with Crippen LogP contribution in [0.25, 0.3) is 11.3 Å². The molecule has 106 valence electrons. The van der Waals surface area contributed by atoms with Gasteiger partial charge in [-0.2, -0.15) is 0 Å². The fraction of sp³-hybridized carbons (Fsp3) is 0.357. The minimum atomic E-state index is 0.323. The maximum Gasteiger partial charge on any atom is 0.179 e. The van der Waals surface area contributed by atoms with Crippen LogP contribution in [0.3, 0.4) is 0 Å². The summed E-state index contributed by atoms with van der Waals surface area (Å²) in [6.07, 6.45) is 2.44. The van der Waals surface area contributed by atoms with E-state index >= 15 is 0 Å². The van der Waals surface area contributed by atoms with E-state index in [4.69, 9.17) is 31.3 Å². The molecule has 0 unspecified atom stereocenters. The summed E-state index contributed by atoms with van der Waals surface area (Å²) >= 11 is 6.28. The number of nitrogen functional groups attached to an aromatic ring is 1. The number of methoxy groups -OCH3 is 1. The predicted molar refractivity (Wildman–Crippen MR) is 76.1 cm³/mol. The molecule has 1 aliphatic carbocycles. The average Bonchev–Trinajstić information content (AvgIpc) is 3.16. The molecular weight excluding hydrogens is 280 g/mol. The second-order valence-corrected chi connectivity index (χ2v) is 5.27. The lowest BCUT2D eigenvalue weighted by Gasteiger charge is -2.13. The molecule has 5 nitrogen and oxygen atoms in total. The minimum absolute atomic E-state index is 0.323. The molecule has 0 radical (unpaired) electrons. The number of rotatable bonds is 5. The Morgan fingerprint density at radius 3 is 2.80 bits per heavy atom. The van der Waals surface area contributed by atoms with Crippen molar-refractivity contribution in [2.75, 3.05) is 19.5 Å². The monoisotopic (exact) mass is 294 g/mol. The molecule has 0 aliphatic heterocycles. The first-order chi connectivity index (χ1) is 9.67. The minimum Gasteiger partial charge on any atom is -0.493 e. The lowest BCUT2D eigenvalue weighted by atomic mass is 10.1. The number of ether oxygens (including phenoxy) is 2. The summed E-state index contributed by atoms with van der Waals surface area (Å²) in [6.45, 7) is 0.671. The van der Waals surface area contributed by atoms with E-state index < -0.39 is 0 Å². The first-order valence-corrected chi connectivity index (χ1v) is 6.78. The van der Waals surface area contributed by atoms with Crippen molar-refractivity contribution in [3.8, 4) is 22.8 Å². The third kappa shape index (κ3) is 2.67. The SMILES string of the molecule is COc1cc(-c2cc(N)no2)cc(Cl)c1OCC1CC1. The van der Waals surface area contributed by atoms with E-state index in [9.17, 15) is 0 Å². The molecule has 2 aromatic rings. The molecule has 1 aromatic carbocycles. The Hall–Kier alpha value is -1.88. The van der Waals surface area contributed by atoms with E-state index in [1.54, 1.807) is 25.3 Å². The Balaban J connectivity index is 1.91. The topological polar surface area (TPSA) is 70.5 Å². The molecular formula is C14H15ClN2O3. The summed E-state index contributed by atoms with van der Waals surface area (Å²) in [5.74, 6) is 2.64. The van der Waals surface area contributed by atoms with Crippen LogP contribution in [0.15, 0.2) is 22.7 Å². The molecule has 1 aliphatic rings. The first kappa shape index (κ1) is 13.1. The lowest BCUT2D eigenvalue weighted by molar-refractivity contribution is 0.280. The van der Waals surface area contributed by atoms with Gasteiger partial charge in [-0.05, 0) is 30.9 Å². The summed E-state index contributed by atoms with van der Waals surface area (Å²) in [6, 6.07) is 5.19. The van der Waals surface area contributed by atoms with Gasteiger partial charge in [0.25, 0.3) is 0 Å². The number of anilines is 1. The van der Waals surface area contributed by atoms with Crippen LogP contribution < -0.4 is 15.2 Å². The van der Waals surface area contributed by atoms with Crippen molar-refractivity contribution in [1.82, 2.24) is 5.16 Å². The number of nitrogens with two attached hydrogens (primary N) is 1. The summed E-state index contributed by atoms with van der Waals surface area (Å²) in [5.41, 5.74) is 6.29. The highest BCUT2D eigenvalue weighted by Gasteiger charge is 2.24. The van der Waals surface area contributed by atoms with Crippen LogP contribution >= 0.6 is 11.6 Å². The van der Waals surface area contributed by atoms with Crippen LogP contribution in [-0.4, -0.2) is 18.9 Å². The maximum atomic E-state index is 6.28. The number of benzene rings is 1. The third-order valence-electron chi connectivity index (χ3n) is 3.20. The van der Waals surface area contributed by atoms with Gasteiger partial charge in [0.15, 0.2) is 23.1 Å². The largest absolute Gasteiger partial charge is 0.493 e. The highest BCUT2D eigenvalue weighted by Crippen LogP contribution is 2.41. The zero-order valence-corrected chi connectivity index (χ0v) is 11.8. The smallest absolute Gasteiger partial charge is 0.179 e. The number of hydrogen-bond acceptors (Lipinski definition) is 5. The van der Waals surface area contributed by atoms with Crippen molar-refractivity contribution < 1.29 is 14.0 Å². The van der Waals surface area contributed by atoms with Gasteiger partial charge in [-0.3, -0.25) is 0 Å². The van der Waals surface area contributed by atoms with Crippen LogP contribution in [0.1, 0.15) is 12.8 Å². The molecule has 1 fully saturated rings. The second kappa shape index (κ2) is 5.25. The van der Waals surface area contributed by atoms with E-state index in [1.165, 1.54) is 12.8 Å². The Morgan fingerprint density at radius 2 is 2.20 bits per heavy atom. The van der Waals surface area contributed by atoms with E-state index in [1.807, 2.05) is 0 Å². The zero-order valence-electron chi connectivity index (χ0n) is 11.1. The van der Waals surface area contributed by atoms with Gasteiger partial charge in [-0.1, -0.05) is 16.8 Å². The maximum absolute atomic E-state index is 6.28. The van der Waals surface area contributed by atoms with Crippen LogP contribution in [0.5, 0.6) is 11.5 Å². The average molecular weight is 295 g/mol. The molecule has 1 aromatic heterocycles. The molecule has 2 N–H and O–H groups in total. The lowest BCUT2D eigenvalue weighted by Crippen LogP contribution is -2.01. The molecule has 0 spiro atoms. The van der Waals surface area contributed by atoms with Crippen molar-refractivity contribution in [1.29, 1.82) is 0 Å². The normalized spacial score (nSPS) is 14.3. The van der Waals surface area contributed by atoms with Gasteiger partial charge in [-0.15, -0.1) is 0 Å². The Labute approximate surface area is 121 Å². The molecule has 1 saturated carbocycles. The Bertz CT molecular complexity index is 623. The molecule has 20 heavy (non-hydrogen) atoms. The Morgan fingerprint density at radius 1 is 1.40 bits per heavy atom. The van der Waals surface area contributed by atoms with Crippen molar-refractivity contribution >= 4 is 17.4 Å². The van der Waals surface area contributed by atoms with Crippen LogP contribution in [-0.2, 0) is 0 Å². The molecule has 1 heterocycles. The van der Waals surface area contributed by atoms with Crippen LogP contribution in [0.4, 0.5) is 5.82 Å². The molecule has 0 saturated heterocycles. The highest BCUT2D eigenvalue weighted by atomic mass is 35.5. The van der Waals surface area contributed by atoms with Crippen molar-refractivity contribution in [2.45, 2.75) is 12.8 Å². The van der Waals surface area contributed by atoms with Crippen molar-refractivity contribution in [3.63, 3.8) is 0 Å². The van der Waals surface area contributed by atoms with Crippen molar-refractivity contribution in [3.05, 3.63) is 23.2 Å². The van der Waals surface area contributed by atoms with Gasteiger partial charge >= 0.3 is 0 Å². The second-order valence-electron chi connectivity index (χ2n) is 4.86. The van der Waals surface area contributed by atoms with Gasteiger partial charge in [-0.25, -0.2) is 0 Å². The highest BCUT2D eigenvalue weighted by molar-refractivity contribution is 6.32. The fourth-order valence-electron chi connectivity index (χ4n) is 1.91. The number of aromatic nitrogens is 1.